The summed E-state index contributed by atoms with van der Waals surface area (Å²) in [7, 11) is 0. The molecule has 0 saturated carbocycles. The zero-order valence-electron chi connectivity index (χ0n) is 10.3. The Balaban J connectivity index is 1.82. The Morgan fingerprint density at radius 3 is 2.72 bits per heavy atom. The molecule has 0 radical (unpaired) electrons. The molecule has 3 rings (SSSR count). The number of nitrogens with one attached hydrogen (secondary N) is 1. The first-order valence-corrected chi connectivity index (χ1v) is 8.12. The first-order chi connectivity index (χ1) is 8.70. The van der Waals surface area contributed by atoms with Gasteiger partial charge in [0.15, 0.2) is 0 Å². The Labute approximate surface area is 120 Å². The zero-order valence-corrected chi connectivity index (χ0v) is 12.7. The predicted molar refractivity (Wildman–Crippen MR) is 85.6 cm³/mol. The summed E-state index contributed by atoms with van der Waals surface area (Å²) < 4.78 is 1.14. The number of fused-ring (bicyclic) bond motifs is 1. The lowest BCUT2D eigenvalue weighted by molar-refractivity contribution is 0.747. The van der Waals surface area contributed by atoms with Crippen molar-refractivity contribution in [3.63, 3.8) is 0 Å². The van der Waals surface area contributed by atoms with Gasteiger partial charge in [-0.3, -0.25) is 0 Å². The average Bonchev–Trinajstić information content (AvgIpc) is 2.75. The molecule has 94 valence electrons. The number of hydrogen-bond donors (Lipinski definition) is 1. The highest BCUT2D eigenvalue weighted by molar-refractivity contribution is 9.10. The van der Waals surface area contributed by atoms with Gasteiger partial charge < -0.3 is 5.32 Å². The molecule has 1 saturated heterocycles. The van der Waals surface area contributed by atoms with Gasteiger partial charge in [0, 0.05) is 27.2 Å². The Morgan fingerprint density at radius 1 is 1.17 bits per heavy atom. The molecule has 2 atom stereocenters. The molecule has 2 aromatic carbocycles. The standard InChI is InChI=1S/C15H16BrNS/c1-10-6-15(9-18-10)17-14-5-3-11-7-13(16)4-2-12(11)8-14/h2-5,7-8,10,15,17H,6,9H2,1H3. The second-order valence-corrected chi connectivity index (χ2v) is 7.31. The summed E-state index contributed by atoms with van der Waals surface area (Å²) >= 11 is 5.57. The van der Waals surface area contributed by atoms with Crippen LogP contribution in [0.1, 0.15) is 13.3 Å². The number of halogens is 1. The third-order valence-corrected chi connectivity index (χ3v) is 5.22. The van der Waals surface area contributed by atoms with Gasteiger partial charge in [-0.1, -0.05) is 35.0 Å². The van der Waals surface area contributed by atoms with Gasteiger partial charge in [-0.2, -0.15) is 11.8 Å². The summed E-state index contributed by atoms with van der Waals surface area (Å²) in [4.78, 5) is 0. The first-order valence-electron chi connectivity index (χ1n) is 6.28. The van der Waals surface area contributed by atoms with Crippen LogP contribution in [0.15, 0.2) is 40.9 Å². The Kier molecular flexibility index (Phi) is 3.53. The minimum absolute atomic E-state index is 0.623. The lowest BCUT2D eigenvalue weighted by Gasteiger charge is -2.14. The van der Waals surface area contributed by atoms with Crippen LogP contribution >= 0.6 is 27.7 Å². The molecule has 0 aromatic heterocycles. The lowest BCUT2D eigenvalue weighted by atomic mass is 10.1. The van der Waals surface area contributed by atoms with Crippen molar-refractivity contribution >= 4 is 44.2 Å². The highest BCUT2D eigenvalue weighted by Gasteiger charge is 2.21. The van der Waals surface area contributed by atoms with Crippen molar-refractivity contribution in [1.82, 2.24) is 0 Å². The molecule has 0 bridgehead atoms. The molecule has 2 aromatic rings. The van der Waals surface area contributed by atoms with Gasteiger partial charge in [0.05, 0.1) is 0 Å². The van der Waals surface area contributed by atoms with Crippen LogP contribution in [-0.4, -0.2) is 17.0 Å². The predicted octanol–water partition coefficient (Wildman–Crippen LogP) is 4.91. The largest absolute Gasteiger partial charge is 0.381 e. The second kappa shape index (κ2) is 5.14. The minimum Gasteiger partial charge on any atom is -0.381 e. The molecule has 0 amide bonds. The molecule has 1 heterocycles. The fraction of sp³-hybridized carbons (Fsp3) is 0.333. The lowest BCUT2D eigenvalue weighted by Crippen LogP contribution is -2.18. The van der Waals surface area contributed by atoms with Crippen LogP contribution in [0.4, 0.5) is 5.69 Å². The van der Waals surface area contributed by atoms with Crippen LogP contribution < -0.4 is 5.32 Å². The van der Waals surface area contributed by atoms with Crippen molar-refractivity contribution in [2.75, 3.05) is 11.1 Å². The van der Waals surface area contributed by atoms with E-state index in [9.17, 15) is 0 Å². The van der Waals surface area contributed by atoms with E-state index in [1.807, 2.05) is 0 Å². The highest BCUT2D eigenvalue weighted by Crippen LogP contribution is 2.29. The van der Waals surface area contributed by atoms with E-state index < -0.39 is 0 Å². The first kappa shape index (κ1) is 12.4. The average molecular weight is 322 g/mol. The van der Waals surface area contributed by atoms with Crippen LogP contribution in [0, 0.1) is 0 Å². The van der Waals surface area contributed by atoms with Gasteiger partial charge in [0.1, 0.15) is 0 Å². The van der Waals surface area contributed by atoms with Gasteiger partial charge in [0.25, 0.3) is 0 Å². The molecule has 3 heteroatoms. The van der Waals surface area contributed by atoms with E-state index in [2.05, 4.69) is 76.3 Å². The summed E-state index contributed by atoms with van der Waals surface area (Å²) in [6.07, 6.45) is 1.27. The number of benzene rings is 2. The maximum Gasteiger partial charge on any atom is 0.0362 e. The molecule has 1 aliphatic heterocycles. The van der Waals surface area contributed by atoms with Crippen molar-refractivity contribution in [3.8, 4) is 0 Å². The zero-order chi connectivity index (χ0) is 12.5. The minimum atomic E-state index is 0.623. The van der Waals surface area contributed by atoms with Gasteiger partial charge >= 0.3 is 0 Å². The maximum atomic E-state index is 3.65. The van der Waals surface area contributed by atoms with Crippen molar-refractivity contribution in [1.29, 1.82) is 0 Å². The quantitative estimate of drug-likeness (QED) is 0.843. The van der Waals surface area contributed by atoms with Crippen LogP contribution in [0.2, 0.25) is 0 Å². The van der Waals surface area contributed by atoms with Gasteiger partial charge in [-0.05, 0) is 41.5 Å². The van der Waals surface area contributed by atoms with Crippen molar-refractivity contribution in [2.45, 2.75) is 24.6 Å². The third kappa shape index (κ3) is 2.67. The monoisotopic (exact) mass is 321 g/mol. The van der Waals surface area contributed by atoms with Crippen molar-refractivity contribution < 1.29 is 0 Å². The van der Waals surface area contributed by atoms with Gasteiger partial charge in [0.2, 0.25) is 0 Å². The van der Waals surface area contributed by atoms with E-state index in [1.165, 1.54) is 28.6 Å². The van der Waals surface area contributed by atoms with E-state index in [4.69, 9.17) is 0 Å². The molecule has 2 unspecified atom stereocenters. The van der Waals surface area contributed by atoms with E-state index >= 15 is 0 Å². The van der Waals surface area contributed by atoms with E-state index in [-0.39, 0.29) is 0 Å². The van der Waals surface area contributed by atoms with Crippen molar-refractivity contribution in [2.24, 2.45) is 0 Å². The maximum absolute atomic E-state index is 3.65. The van der Waals surface area contributed by atoms with Gasteiger partial charge in [-0.15, -0.1) is 0 Å². The molecule has 1 fully saturated rings. The molecule has 1 aliphatic rings. The van der Waals surface area contributed by atoms with Crippen LogP contribution in [0.3, 0.4) is 0 Å². The molecule has 1 N–H and O–H groups in total. The second-order valence-electron chi connectivity index (χ2n) is 4.93. The SMILES string of the molecule is CC1CC(Nc2ccc3cc(Br)ccc3c2)CS1. The number of rotatable bonds is 2. The van der Waals surface area contributed by atoms with E-state index in [0.717, 1.165) is 9.72 Å². The molecule has 0 spiro atoms. The fourth-order valence-electron chi connectivity index (χ4n) is 2.46. The number of thioether (sulfide) groups is 1. The molecular weight excluding hydrogens is 306 g/mol. The smallest absolute Gasteiger partial charge is 0.0362 e. The number of hydrogen-bond acceptors (Lipinski definition) is 2. The Bertz CT molecular complexity index is 569. The summed E-state index contributed by atoms with van der Waals surface area (Å²) in [6, 6.07) is 13.7. The summed E-state index contributed by atoms with van der Waals surface area (Å²) in [6.45, 7) is 2.31. The summed E-state index contributed by atoms with van der Waals surface area (Å²) in [5, 5.41) is 7.01. The molecule has 0 aliphatic carbocycles. The Hall–Kier alpha value is -0.670. The summed E-state index contributed by atoms with van der Waals surface area (Å²) in [5.74, 6) is 1.22. The van der Waals surface area contributed by atoms with E-state index in [0.29, 0.717) is 6.04 Å². The molecule has 18 heavy (non-hydrogen) atoms. The number of anilines is 1. The van der Waals surface area contributed by atoms with Crippen LogP contribution in [-0.2, 0) is 0 Å². The van der Waals surface area contributed by atoms with E-state index in [1.54, 1.807) is 0 Å². The fourth-order valence-corrected chi connectivity index (χ4v) is 3.99. The van der Waals surface area contributed by atoms with Crippen molar-refractivity contribution in [3.05, 3.63) is 40.9 Å². The van der Waals surface area contributed by atoms with Gasteiger partial charge in [-0.25, -0.2) is 0 Å². The van der Waals surface area contributed by atoms with Crippen LogP contribution in [0.5, 0.6) is 0 Å². The van der Waals surface area contributed by atoms with Crippen LogP contribution in [0.25, 0.3) is 10.8 Å². The normalized spacial score (nSPS) is 23.4. The third-order valence-electron chi connectivity index (χ3n) is 3.37. The topological polar surface area (TPSA) is 12.0 Å². The summed E-state index contributed by atoms with van der Waals surface area (Å²) in [5.41, 5.74) is 1.24. The molecule has 1 nitrogen and oxygen atoms in total. The molecular formula is C15H16BrNS. The highest BCUT2D eigenvalue weighted by atomic mass is 79.9. The Morgan fingerprint density at radius 2 is 1.94 bits per heavy atom.